The van der Waals surface area contributed by atoms with Crippen molar-refractivity contribution in [3.05, 3.63) is 0 Å². The number of carboxylic acids is 1. The van der Waals surface area contributed by atoms with Gasteiger partial charge in [0.25, 0.3) is 0 Å². The average Bonchev–Trinajstić information content (AvgIpc) is 2.60. The smallest absolute Gasteiger partial charge is 0.317 e. The Kier molecular flexibility index (Phi) is 2.59. The van der Waals surface area contributed by atoms with Crippen LogP contribution < -0.4 is 0 Å². The number of ether oxygens (including phenoxy) is 1. The van der Waals surface area contributed by atoms with E-state index in [1.807, 2.05) is 13.8 Å². The summed E-state index contributed by atoms with van der Waals surface area (Å²) in [6, 6.07) is 0. The van der Waals surface area contributed by atoms with Crippen LogP contribution in [-0.2, 0) is 14.3 Å². The summed E-state index contributed by atoms with van der Waals surface area (Å²) in [6.45, 7) is 3.65. The molecule has 0 radical (unpaired) electrons. The SMILES string of the molecule is CC(C)(OC(=O)CC(=O)O)C1CC1. The third kappa shape index (κ3) is 3.05. The van der Waals surface area contributed by atoms with Gasteiger partial charge in [-0.1, -0.05) is 0 Å². The first-order valence-corrected chi connectivity index (χ1v) is 4.35. The number of aliphatic carboxylic acids is 1. The largest absolute Gasteiger partial charge is 0.481 e. The summed E-state index contributed by atoms with van der Waals surface area (Å²) < 4.78 is 5.05. The summed E-state index contributed by atoms with van der Waals surface area (Å²) in [5.74, 6) is -1.38. The zero-order valence-corrected chi connectivity index (χ0v) is 7.87. The fourth-order valence-electron chi connectivity index (χ4n) is 1.31. The lowest BCUT2D eigenvalue weighted by Crippen LogP contribution is -2.31. The molecule has 74 valence electrons. The van der Waals surface area contributed by atoms with Crippen LogP contribution in [0.15, 0.2) is 0 Å². The standard InChI is InChI=1S/C9H14O4/c1-9(2,6-3-4-6)13-8(12)5-7(10)11/h6H,3-5H2,1-2H3,(H,10,11). The molecular formula is C9H14O4. The third-order valence-corrected chi connectivity index (χ3v) is 2.23. The number of esters is 1. The first-order chi connectivity index (χ1) is 5.92. The molecule has 0 bridgehead atoms. The van der Waals surface area contributed by atoms with E-state index in [1.54, 1.807) is 0 Å². The summed E-state index contributed by atoms with van der Waals surface area (Å²) in [7, 11) is 0. The molecule has 1 aliphatic carbocycles. The monoisotopic (exact) mass is 186 g/mol. The first-order valence-electron chi connectivity index (χ1n) is 4.35. The van der Waals surface area contributed by atoms with Crippen LogP contribution in [0, 0.1) is 5.92 Å². The van der Waals surface area contributed by atoms with Gasteiger partial charge in [-0.3, -0.25) is 9.59 Å². The van der Waals surface area contributed by atoms with Gasteiger partial charge in [-0.15, -0.1) is 0 Å². The predicted octanol–water partition coefficient (Wildman–Crippen LogP) is 1.19. The molecule has 13 heavy (non-hydrogen) atoms. The van der Waals surface area contributed by atoms with Crippen molar-refractivity contribution in [3.63, 3.8) is 0 Å². The van der Waals surface area contributed by atoms with Gasteiger partial charge in [0.1, 0.15) is 12.0 Å². The Hall–Kier alpha value is -1.06. The number of hydrogen-bond donors (Lipinski definition) is 1. The van der Waals surface area contributed by atoms with Gasteiger partial charge in [-0.05, 0) is 32.6 Å². The first kappa shape index (κ1) is 10.0. The minimum absolute atomic E-state index is 0.408. The fourth-order valence-corrected chi connectivity index (χ4v) is 1.31. The molecule has 0 aromatic heterocycles. The second kappa shape index (κ2) is 3.36. The summed E-state index contributed by atoms with van der Waals surface area (Å²) in [6.07, 6.45) is 1.58. The Labute approximate surface area is 76.9 Å². The average molecular weight is 186 g/mol. The maximum atomic E-state index is 11.0. The van der Waals surface area contributed by atoms with Crippen LogP contribution in [-0.4, -0.2) is 22.6 Å². The maximum Gasteiger partial charge on any atom is 0.317 e. The van der Waals surface area contributed by atoms with E-state index in [4.69, 9.17) is 9.84 Å². The molecule has 0 aromatic carbocycles. The number of rotatable bonds is 4. The molecule has 1 saturated carbocycles. The van der Waals surface area contributed by atoms with Crippen molar-refractivity contribution in [2.45, 2.75) is 38.7 Å². The Morgan fingerprint density at radius 2 is 2.00 bits per heavy atom. The van der Waals surface area contributed by atoms with E-state index in [1.165, 1.54) is 0 Å². The lowest BCUT2D eigenvalue weighted by atomic mass is 10.0. The Morgan fingerprint density at radius 1 is 1.46 bits per heavy atom. The highest BCUT2D eigenvalue weighted by Crippen LogP contribution is 2.41. The fraction of sp³-hybridized carbons (Fsp3) is 0.778. The van der Waals surface area contributed by atoms with Crippen LogP contribution in [0.4, 0.5) is 0 Å². The summed E-state index contributed by atoms with van der Waals surface area (Å²) >= 11 is 0. The molecule has 1 N–H and O–H groups in total. The van der Waals surface area contributed by atoms with Crippen molar-refractivity contribution >= 4 is 11.9 Å². The van der Waals surface area contributed by atoms with Gasteiger partial charge in [0.2, 0.25) is 0 Å². The Balaban J connectivity index is 2.38. The molecule has 0 unspecified atom stereocenters. The van der Waals surface area contributed by atoms with Crippen molar-refractivity contribution in [2.75, 3.05) is 0 Å². The minimum atomic E-state index is -1.14. The lowest BCUT2D eigenvalue weighted by Gasteiger charge is -2.24. The molecule has 1 aliphatic rings. The quantitative estimate of drug-likeness (QED) is 0.529. The van der Waals surface area contributed by atoms with Crippen molar-refractivity contribution in [3.8, 4) is 0 Å². The van der Waals surface area contributed by atoms with Gasteiger partial charge in [-0.25, -0.2) is 0 Å². The van der Waals surface area contributed by atoms with E-state index in [2.05, 4.69) is 0 Å². The highest BCUT2D eigenvalue weighted by atomic mass is 16.6. The number of carbonyl (C=O) groups is 2. The molecule has 0 saturated heterocycles. The molecular weight excluding hydrogens is 172 g/mol. The Morgan fingerprint density at radius 3 is 2.38 bits per heavy atom. The van der Waals surface area contributed by atoms with E-state index in [0.717, 1.165) is 12.8 Å². The summed E-state index contributed by atoms with van der Waals surface area (Å²) in [5.41, 5.74) is -0.494. The van der Waals surface area contributed by atoms with E-state index in [9.17, 15) is 9.59 Å². The second-order valence-electron chi connectivity index (χ2n) is 3.92. The zero-order chi connectivity index (χ0) is 10.1. The van der Waals surface area contributed by atoms with E-state index >= 15 is 0 Å². The zero-order valence-electron chi connectivity index (χ0n) is 7.87. The molecule has 0 amide bonds. The van der Waals surface area contributed by atoms with Gasteiger partial charge in [0.15, 0.2) is 0 Å². The minimum Gasteiger partial charge on any atom is -0.481 e. The Bertz CT molecular complexity index is 228. The number of carbonyl (C=O) groups excluding carboxylic acids is 1. The molecule has 0 aromatic rings. The highest BCUT2D eigenvalue weighted by Gasteiger charge is 2.40. The van der Waals surface area contributed by atoms with Crippen molar-refractivity contribution in [1.29, 1.82) is 0 Å². The van der Waals surface area contributed by atoms with Gasteiger partial charge < -0.3 is 9.84 Å². The molecule has 0 heterocycles. The predicted molar refractivity (Wildman–Crippen MR) is 45.1 cm³/mol. The number of carboxylic acid groups (broad SMARTS) is 1. The van der Waals surface area contributed by atoms with Crippen molar-refractivity contribution in [1.82, 2.24) is 0 Å². The topological polar surface area (TPSA) is 63.6 Å². The van der Waals surface area contributed by atoms with Crippen LogP contribution in [0.5, 0.6) is 0 Å². The molecule has 1 fully saturated rings. The molecule has 0 aliphatic heterocycles. The van der Waals surface area contributed by atoms with Gasteiger partial charge in [0.05, 0.1) is 0 Å². The second-order valence-corrected chi connectivity index (χ2v) is 3.92. The van der Waals surface area contributed by atoms with Crippen LogP contribution in [0.25, 0.3) is 0 Å². The summed E-state index contributed by atoms with van der Waals surface area (Å²) in [4.78, 5) is 21.2. The van der Waals surface area contributed by atoms with Crippen molar-refractivity contribution in [2.24, 2.45) is 5.92 Å². The van der Waals surface area contributed by atoms with Crippen LogP contribution in [0.2, 0.25) is 0 Å². The highest BCUT2D eigenvalue weighted by molar-refractivity contribution is 5.90. The molecule has 1 rings (SSSR count). The normalized spacial score (nSPS) is 16.8. The van der Waals surface area contributed by atoms with E-state index in [-0.39, 0.29) is 0 Å². The lowest BCUT2D eigenvalue weighted by molar-refractivity contribution is -0.162. The molecule has 4 heteroatoms. The van der Waals surface area contributed by atoms with Crippen molar-refractivity contribution < 1.29 is 19.4 Å². The van der Waals surface area contributed by atoms with Crippen LogP contribution >= 0.6 is 0 Å². The van der Waals surface area contributed by atoms with Gasteiger partial charge in [0, 0.05) is 0 Å². The van der Waals surface area contributed by atoms with E-state index < -0.39 is 24.0 Å². The number of hydrogen-bond acceptors (Lipinski definition) is 3. The maximum absolute atomic E-state index is 11.0. The van der Waals surface area contributed by atoms with Gasteiger partial charge in [-0.2, -0.15) is 0 Å². The third-order valence-electron chi connectivity index (χ3n) is 2.23. The molecule has 0 atom stereocenters. The molecule has 4 nitrogen and oxygen atoms in total. The van der Waals surface area contributed by atoms with Gasteiger partial charge >= 0.3 is 11.9 Å². The molecule has 0 spiro atoms. The summed E-state index contributed by atoms with van der Waals surface area (Å²) in [5, 5.41) is 8.33. The van der Waals surface area contributed by atoms with E-state index in [0.29, 0.717) is 5.92 Å². The van der Waals surface area contributed by atoms with Crippen LogP contribution in [0.1, 0.15) is 33.1 Å². The van der Waals surface area contributed by atoms with Crippen LogP contribution in [0.3, 0.4) is 0 Å².